The van der Waals surface area contributed by atoms with E-state index in [9.17, 15) is 13.2 Å². The van der Waals surface area contributed by atoms with Crippen molar-refractivity contribution in [1.29, 1.82) is 0 Å². The highest BCUT2D eigenvalue weighted by Crippen LogP contribution is 2.29. The van der Waals surface area contributed by atoms with Crippen LogP contribution in [0.15, 0.2) is 6.07 Å². The van der Waals surface area contributed by atoms with Crippen molar-refractivity contribution >= 4 is 27.4 Å². The number of thiophene rings is 1. The number of nitrogen functional groups attached to an aromatic ring is 1. The van der Waals surface area contributed by atoms with Gasteiger partial charge in [0.15, 0.2) is 0 Å². The van der Waals surface area contributed by atoms with Crippen LogP contribution < -0.4 is 5.73 Å². The van der Waals surface area contributed by atoms with Gasteiger partial charge < -0.3 is 5.73 Å². The van der Waals surface area contributed by atoms with Crippen LogP contribution in [0.5, 0.6) is 0 Å². The van der Waals surface area contributed by atoms with Crippen molar-refractivity contribution in [2.45, 2.75) is 32.4 Å². The van der Waals surface area contributed by atoms with Gasteiger partial charge in [-0.05, 0) is 12.5 Å². The van der Waals surface area contributed by atoms with Crippen LogP contribution in [0.3, 0.4) is 0 Å². The number of anilines is 1. The number of aromatic nitrogens is 2. The SMILES string of the molecule is CCc1cc2c(N)nc(CCC(F)(F)F)nc2s1. The van der Waals surface area contributed by atoms with Gasteiger partial charge in [0.25, 0.3) is 0 Å². The Balaban J connectivity index is 2.30. The van der Waals surface area contributed by atoms with E-state index in [0.29, 0.717) is 4.83 Å². The number of rotatable bonds is 3. The molecular formula is C11H12F3N3S. The molecule has 0 bridgehead atoms. The van der Waals surface area contributed by atoms with Crippen LogP contribution in [-0.2, 0) is 12.8 Å². The third-order valence-corrected chi connectivity index (χ3v) is 3.67. The Bertz CT molecular complexity index is 562. The van der Waals surface area contributed by atoms with Crippen LogP contribution >= 0.6 is 11.3 Å². The Morgan fingerprint density at radius 3 is 2.67 bits per heavy atom. The second-order valence-electron chi connectivity index (χ2n) is 3.93. The van der Waals surface area contributed by atoms with Crippen molar-refractivity contribution in [3.8, 4) is 0 Å². The highest BCUT2D eigenvalue weighted by molar-refractivity contribution is 7.18. The molecule has 0 fully saturated rings. The summed E-state index contributed by atoms with van der Waals surface area (Å²) < 4.78 is 36.4. The van der Waals surface area contributed by atoms with Gasteiger partial charge in [0, 0.05) is 11.3 Å². The summed E-state index contributed by atoms with van der Waals surface area (Å²) in [5.74, 6) is 0.412. The van der Waals surface area contributed by atoms with Crippen LogP contribution in [0.1, 0.15) is 24.0 Å². The zero-order chi connectivity index (χ0) is 13.3. The van der Waals surface area contributed by atoms with E-state index in [4.69, 9.17) is 5.73 Å². The Labute approximate surface area is 106 Å². The van der Waals surface area contributed by atoms with E-state index in [1.165, 1.54) is 11.3 Å². The molecule has 2 heterocycles. The van der Waals surface area contributed by atoms with Crippen molar-refractivity contribution in [1.82, 2.24) is 9.97 Å². The summed E-state index contributed by atoms with van der Waals surface area (Å²) in [5.41, 5.74) is 5.74. The molecule has 3 nitrogen and oxygen atoms in total. The van der Waals surface area contributed by atoms with Gasteiger partial charge in [-0.1, -0.05) is 6.92 Å². The number of fused-ring (bicyclic) bond motifs is 1. The lowest BCUT2D eigenvalue weighted by molar-refractivity contribution is -0.134. The molecule has 2 N–H and O–H groups in total. The minimum Gasteiger partial charge on any atom is -0.383 e. The molecule has 0 aliphatic carbocycles. The molecule has 0 saturated carbocycles. The van der Waals surface area contributed by atoms with E-state index in [1.807, 2.05) is 13.0 Å². The summed E-state index contributed by atoms with van der Waals surface area (Å²) >= 11 is 1.45. The first kappa shape index (κ1) is 13.1. The average Bonchev–Trinajstić information content (AvgIpc) is 2.69. The fourth-order valence-electron chi connectivity index (χ4n) is 1.58. The molecule has 0 radical (unpaired) electrons. The number of aryl methyl sites for hydroxylation is 2. The van der Waals surface area contributed by atoms with E-state index < -0.39 is 12.6 Å². The lowest BCUT2D eigenvalue weighted by Crippen LogP contribution is -2.10. The van der Waals surface area contributed by atoms with Crippen LogP contribution in [-0.4, -0.2) is 16.1 Å². The zero-order valence-electron chi connectivity index (χ0n) is 9.71. The normalized spacial score (nSPS) is 12.2. The van der Waals surface area contributed by atoms with Gasteiger partial charge in [0.2, 0.25) is 0 Å². The molecule has 0 aliphatic heterocycles. The molecule has 0 aromatic carbocycles. The summed E-state index contributed by atoms with van der Waals surface area (Å²) in [7, 11) is 0. The highest BCUT2D eigenvalue weighted by Gasteiger charge is 2.27. The topological polar surface area (TPSA) is 51.8 Å². The van der Waals surface area contributed by atoms with Crippen molar-refractivity contribution in [2.24, 2.45) is 0 Å². The molecule has 98 valence electrons. The quantitative estimate of drug-likeness (QED) is 0.934. The molecule has 2 aromatic heterocycles. The minimum absolute atomic E-state index is 0.154. The number of nitrogens with zero attached hydrogens (tertiary/aromatic N) is 2. The fraction of sp³-hybridized carbons (Fsp3) is 0.455. The van der Waals surface area contributed by atoms with Gasteiger partial charge >= 0.3 is 6.18 Å². The van der Waals surface area contributed by atoms with Crippen molar-refractivity contribution in [3.05, 3.63) is 16.8 Å². The molecule has 18 heavy (non-hydrogen) atoms. The standard InChI is InChI=1S/C11H12F3N3S/c1-2-6-5-7-9(15)16-8(17-10(7)18-6)3-4-11(12,13)14/h5H,2-4H2,1H3,(H2,15,16,17). The van der Waals surface area contributed by atoms with Gasteiger partial charge in [0.1, 0.15) is 16.5 Å². The van der Waals surface area contributed by atoms with E-state index >= 15 is 0 Å². The van der Waals surface area contributed by atoms with E-state index in [-0.39, 0.29) is 18.1 Å². The number of hydrogen-bond donors (Lipinski definition) is 1. The third-order valence-electron chi connectivity index (χ3n) is 2.50. The molecule has 0 amide bonds. The Morgan fingerprint density at radius 1 is 1.33 bits per heavy atom. The van der Waals surface area contributed by atoms with Crippen LogP contribution in [0.2, 0.25) is 0 Å². The summed E-state index contributed by atoms with van der Waals surface area (Å²) in [6.07, 6.45) is -4.51. The Morgan fingerprint density at radius 2 is 2.06 bits per heavy atom. The van der Waals surface area contributed by atoms with Crippen LogP contribution in [0.4, 0.5) is 19.0 Å². The molecule has 0 saturated heterocycles. The molecule has 0 aliphatic rings. The van der Waals surface area contributed by atoms with Gasteiger partial charge in [0.05, 0.1) is 11.8 Å². The first-order valence-electron chi connectivity index (χ1n) is 5.50. The van der Waals surface area contributed by atoms with Gasteiger partial charge in [-0.2, -0.15) is 13.2 Å². The molecule has 0 atom stereocenters. The predicted octanol–water partition coefficient (Wildman–Crippen LogP) is 3.33. The molecule has 0 unspecified atom stereocenters. The van der Waals surface area contributed by atoms with Crippen molar-refractivity contribution in [3.63, 3.8) is 0 Å². The molecule has 2 rings (SSSR count). The van der Waals surface area contributed by atoms with Crippen molar-refractivity contribution in [2.75, 3.05) is 5.73 Å². The maximum Gasteiger partial charge on any atom is 0.389 e. The molecule has 7 heteroatoms. The number of halogens is 3. The van der Waals surface area contributed by atoms with Crippen LogP contribution in [0.25, 0.3) is 10.2 Å². The molecule has 2 aromatic rings. The van der Waals surface area contributed by atoms with E-state index in [1.54, 1.807) is 0 Å². The van der Waals surface area contributed by atoms with Gasteiger partial charge in [-0.3, -0.25) is 0 Å². The van der Waals surface area contributed by atoms with Crippen molar-refractivity contribution < 1.29 is 13.2 Å². The van der Waals surface area contributed by atoms with E-state index in [2.05, 4.69) is 9.97 Å². The minimum atomic E-state index is -4.20. The second kappa shape index (κ2) is 4.72. The Kier molecular flexibility index (Phi) is 3.43. The van der Waals surface area contributed by atoms with Crippen LogP contribution in [0, 0.1) is 0 Å². The lowest BCUT2D eigenvalue weighted by atomic mass is 10.2. The monoisotopic (exact) mass is 275 g/mol. The summed E-state index contributed by atoms with van der Waals surface area (Å²) in [4.78, 5) is 9.82. The first-order valence-corrected chi connectivity index (χ1v) is 6.32. The average molecular weight is 275 g/mol. The largest absolute Gasteiger partial charge is 0.389 e. The molecule has 0 spiro atoms. The first-order chi connectivity index (χ1) is 8.39. The third kappa shape index (κ3) is 2.90. The Hall–Kier alpha value is -1.37. The summed E-state index contributed by atoms with van der Waals surface area (Å²) in [6, 6.07) is 1.89. The number of alkyl halides is 3. The smallest absolute Gasteiger partial charge is 0.383 e. The molecular weight excluding hydrogens is 263 g/mol. The van der Waals surface area contributed by atoms with Gasteiger partial charge in [-0.15, -0.1) is 11.3 Å². The number of hydrogen-bond acceptors (Lipinski definition) is 4. The fourth-order valence-corrected chi connectivity index (χ4v) is 2.57. The van der Waals surface area contributed by atoms with E-state index in [0.717, 1.165) is 16.7 Å². The lowest BCUT2D eigenvalue weighted by Gasteiger charge is -2.05. The number of nitrogens with two attached hydrogens (primary N) is 1. The predicted molar refractivity (Wildman–Crippen MR) is 65.6 cm³/mol. The second-order valence-corrected chi connectivity index (χ2v) is 5.04. The van der Waals surface area contributed by atoms with Gasteiger partial charge in [-0.25, -0.2) is 9.97 Å². The zero-order valence-corrected chi connectivity index (χ0v) is 10.5. The maximum absolute atomic E-state index is 12.1. The summed E-state index contributed by atoms with van der Waals surface area (Å²) in [5, 5.41) is 0.729. The maximum atomic E-state index is 12.1. The highest BCUT2D eigenvalue weighted by atomic mass is 32.1. The summed E-state index contributed by atoms with van der Waals surface area (Å²) in [6.45, 7) is 2.00.